The molecule has 0 spiro atoms. The number of rotatable bonds is 1. The molecule has 15 heavy (non-hydrogen) atoms. The number of benzene rings is 1. The van der Waals surface area contributed by atoms with Crippen LogP contribution in [0.15, 0.2) is 34.9 Å². The predicted octanol–water partition coefficient (Wildman–Crippen LogP) is 2.63. The first-order valence-corrected chi connectivity index (χ1v) is 5.00. The van der Waals surface area contributed by atoms with Gasteiger partial charge in [0, 0.05) is 10.0 Å². The van der Waals surface area contributed by atoms with Gasteiger partial charge in [-0.25, -0.2) is 14.4 Å². The molecule has 3 nitrogen and oxygen atoms in total. The van der Waals surface area contributed by atoms with Gasteiger partial charge in [-0.05, 0) is 6.07 Å². The maximum Gasteiger partial charge on any atom is 0.220 e. The molecule has 0 radical (unpaired) electrons. The molecule has 5 heteroatoms. The first kappa shape index (κ1) is 10.0. The molecule has 0 aliphatic carbocycles. The van der Waals surface area contributed by atoms with Crippen molar-refractivity contribution in [1.82, 2.24) is 9.97 Å². The summed E-state index contributed by atoms with van der Waals surface area (Å²) in [6.07, 6.45) is 1.07. The van der Waals surface area contributed by atoms with Crippen molar-refractivity contribution in [3.05, 3.63) is 40.8 Å². The largest absolute Gasteiger partial charge is 0.368 e. The van der Waals surface area contributed by atoms with Gasteiger partial charge in [-0.15, -0.1) is 0 Å². The number of halogens is 2. The number of nitrogens with two attached hydrogens (primary N) is 1. The van der Waals surface area contributed by atoms with E-state index in [4.69, 9.17) is 5.73 Å². The van der Waals surface area contributed by atoms with Gasteiger partial charge in [0.1, 0.15) is 5.69 Å². The number of hydrogen-bond acceptors (Lipinski definition) is 3. The molecule has 0 aliphatic heterocycles. The fourth-order valence-corrected chi connectivity index (χ4v) is 1.70. The second-order valence-corrected chi connectivity index (χ2v) is 3.76. The highest BCUT2D eigenvalue weighted by Gasteiger charge is 2.10. The Kier molecular flexibility index (Phi) is 2.64. The average molecular weight is 268 g/mol. The minimum atomic E-state index is -0.490. The van der Waals surface area contributed by atoms with Gasteiger partial charge in [-0.1, -0.05) is 34.1 Å². The lowest BCUT2D eigenvalue weighted by Crippen LogP contribution is -1.99. The van der Waals surface area contributed by atoms with Crippen LogP contribution in [0.4, 0.5) is 10.3 Å². The van der Waals surface area contributed by atoms with Crippen molar-refractivity contribution < 1.29 is 4.39 Å². The normalized spacial score (nSPS) is 10.3. The second kappa shape index (κ2) is 3.94. The highest BCUT2D eigenvalue weighted by Crippen LogP contribution is 2.28. The van der Waals surface area contributed by atoms with Crippen LogP contribution in [-0.4, -0.2) is 9.97 Å². The number of nitrogens with zero attached hydrogens (tertiary/aromatic N) is 2. The Bertz CT molecular complexity index is 502. The van der Waals surface area contributed by atoms with Crippen LogP contribution >= 0.6 is 15.9 Å². The number of anilines is 1. The Morgan fingerprint density at radius 2 is 2.00 bits per heavy atom. The summed E-state index contributed by atoms with van der Waals surface area (Å²) in [6.45, 7) is 0. The van der Waals surface area contributed by atoms with Crippen LogP contribution in [0.25, 0.3) is 11.3 Å². The minimum absolute atomic E-state index is 0.0575. The summed E-state index contributed by atoms with van der Waals surface area (Å²) in [5.74, 6) is -0.432. The number of nitrogen functional groups attached to an aromatic ring is 1. The van der Waals surface area contributed by atoms with E-state index in [1.807, 2.05) is 12.1 Å². The maximum atomic E-state index is 13.4. The molecule has 76 valence electrons. The quantitative estimate of drug-likeness (QED) is 0.864. The van der Waals surface area contributed by atoms with Crippen LogP contribution < -0.4 is 5.73 Å². The van der Waals surface area contributed by atoms with E-state index >= 15 is 0 Å². The van der Waals surface area contributed by atoms with Gasteiger partial charge in [0.2, 0.25) is 5.95 Å². The third-order valence-electron chi connectivity index (χ3n) is 1.89. The average Bonchev–Trinajstić information content (AvgIpc) is 2.23. The highest BCUT2D eigenvalue weighted by atomic mass is 79.9. The molecule has 0 saturated carbocycles. The molecule has 1 aromatic carbocycles. The van der Waals surface area contributed by atoms with Crippen LogP contribution in [0.2, 0.25) is 0 Å². The summed E-state index contributed by atoms with van der Waals surface area (Å²) < 4.78 is 14.2. The molecule has 1 heterocycles. The molecular weight excluding hydrogens is 261 g/mol. The smallest absolute Gasteiger partial charge is 0.220 e. The molecule has 0 atom stereocenters. The molecule has 2 rings (SSSR count). The molecule has 0 aliphatic rings. The van der Waals surface area contributed by atoms with Crippen molar-refractivity contribution >= 4 is 21.9 Å². The molecular formula is C10H7BrFN3. The predicted molar refractivity (Wildman–Crippen MR) is 59.5 cm³/mol. The van der Waals surface area contributed by atoms with E-state index in [1.54, 1.807) is 12.1 Å². The van der Waals surface area contributed by atoms with Crippen LogP contribution in [0.3, 0.4) is 0 Å². The molecule has 0 bridgehead atoms. The number of aromatic nitrogens is 2. The SMILES string of the molecule is Nc1ncc(F)c(-c2ccccc2Br)n1. The summed E-state index contributed by atoms with van der Waals surface area (Å²) in [5, 5.41) is 0. The fraction of sp³-hybridized carbons (Fsp3) is 0. The molecule has 0 fully saturated rings. The lowest BCUT2D eigenvalue weighted by atomic mass is 10.1. The Morgan fingerprint density at radius 3 is 2.73 bits per heavy atom. The monoisotopic (exact) mass is 267 g/mol. The zero-order valence-electron chi connectivity index (χ0n) is 7.61. The first-order chi connectivity index (χ1) is 7.18. The van der Waals surface area contributed by atoms with Crippen LogP contribution in [0.5, 0.6) is 0 Å². The van der Waals surface area contributed by atoms with Crippen molar-refractivity contribution in [2.45, 2.75) is 0 Å². The summed E-state index contributed by atoms with van der Waals surface area (Å²) in [5.41, 5.74) is 6.27. The summed E-state index contributed by atoms with van der Waals surface area (Å²) in [4.78, 5) is 7.44. The topological polar surface area (TPSA) is 51.8 Å². The standard InChI is InChI=1S/C10H7BrFN3/c11-7-4-2-1-3-6(7)9-8(12)5-14-10(13)15-9/h1-5H,(H2,13,14,15). The van der Waals surface area contributed by atoms with Crippen LogP contribution in [0, 0.1) is 5.82 Å². The maximum absolute atomic E-state index is 13.4. The third-order valence-corrected chi connectivity index (χ3v) is 2.58. The summed E-state index contributed by atoms with van der Waals surface area (Å²) in [6, 6.07) is 7.22. The van der Waals surface area contributed by atoms with Crippen molar-refractivity contribution in [3.8, 4) is 11.3 Å². The van der Waals surface area contributed by atoms with Gasteiger partial charge >= 0.3 is 0 Å². The highest BCUT2D eigenvalue weighted by molar-refractivity contribution is 9.10. The molecule has 2 N–H and O–H groups in total. The molecule has 0 saturated heterocycles. The Balaban J connectivity index is 2.64. The van der Waals surface area contributed by atoms with E-state index < -0.39 is 5.82 Å². The summed E-state index contributed by atoms with van der Waals surface area (Å²) >= 11 is 3.32. The summed E-state index contributed by atoms with van der Waals surface area (Å²) in [7, 11) is 0. The lowest BCUT2D eigenvalue weighted by Gasteiger charge is -2.04. The second-order valence-electron chi connectivity index (χ2n) is 2.90. The van der Waals surface area contributed by atoms with Crippen molar-refractivity contribution in [3.63, 3.8) is 0 Å². The van der Waals surface area contributed by atoms with E-state index in [1.165, 1.54) is 0 Å². The fourth-order valence-electron chi connectivity index (χ4n) is 1.22. The number of hydrogen-bond donors (Lipinski definition) is 1. The molecule has 1 aromatic heterocycles. The van der Waals surface area contributed by atoms with Gasteiger partial charge in [0.15, 0.2) is 5.82 Å². The first-order valence-electron chi connectivity index (χ1n) is 4.21. The Morgan fingerprint density at radius 1 is 1.27 bits per heavy atom. The van der Waals surface area contributed by atoms with E-state index in [9.17, 15) is 4.39 Å². The van der Waals surface area contributed by atoms with Crippen molar-refractivity contribution in [1.29, 1.82) is 0 Å². The Hall–Kier alpha value is -1.49. The van der Waals surface area contributed by atoms with E-state index in [0.29, 0.717) is 5.56 Å². The zero-order chi connectivity index (χ0) is 10.8. The van der Waals surface area contributed by atoms with E-state index in [0.717, 1.165) is 10.7 Å². The molecule has 0 unspecified atom stereocenters. The molecule has 0 amide bonds. The van der Waals surface area contributed by atoms with Crippen LogP contribution in [0.1, 0.15) is 0 Å². The van der Waals surface area contributed by atoms with Gasteiger partial charge in [0.05, 0.1) is 6.20 Å². The van der Waals surface area contributed by atoms with E-state index in [2.05, 4.69) is 25.9 Å². The van der Waals surface area contributed by atoms with Crippen LogP contribution in [-0.2, 0) is 0 Å². The van der Waals surface area contributed by atoms with Gasteiger partial charge in [-0.2, -0.15) is 0 Å². The van der Waals surface area contributed by atoms with Gasteiger partial charge < -0.3 is 5.73 Å². The van der Waals surface area contributed by atoms with Crippen molar-refractivity contribution in [2.75, 3.05) is 5.73 Å². The Labute approximate surface area is 94.3 Å². The third kappa shape index (κ3) is 1.97. The van der Waals surface area contributed by atoms with Gasteiger partial charge in [0.25, 0.3) is 0 Å². The zero-order valence-corrected chi connectivity index (χ0v) is 9.20. The molecule has 2 aromatic rings. The van der Waals surface area contributed by atoms with Gasteiger partial charge in [-0.3, -0.25) is 0 Å². The van der Waals surface area contributed by atoms with E-state index in [-0.39, 0.29) is 11.6 Å². The lowest BCUT2D eigenvalue weighted by molar-refractivity contribution is 0.619. The minimum Gasteiger partial charge on any atom is -0.368 e. The van der Waals surface area contributed by atoms with Crippen molar-refractivity contribution in [2.24, 2.45) is 0 Å².